The van der Waals surface area contributed by atoms with Crippen molar-refractivity contribution < 1.29 is 0 Å². The van der Waals surface area contributed by atoms with Crippen LogP contribution in [0.3, 0.4) is 0 Å². The minimum Gasteiger partial charge on any atom is -0.399 e. The highest BCUT2D eigenvalue weighted by Crippen LogP contribution is 2.24. The maximum absolute atomic E-state index is 6.00. The molecular weight excluding hydrogens is 284 g/mol. The van der Waals surface area contributed by atoms with E-state index < -0.39 is 0 Å². The van der Waals surface area contributed by atoms with Gasteiger partial charge in [-0.1, -0.05) is 12.1 Å². The summed E-state index contributed by atoms with van der Waals surface area (Å²) in [5, 5.41) is 8.47. The highest BCUT2D eigenvalue weighted by Gasteiger charge is 2.14. The lowest BCUT2D eigenvalue weighted by atomic mass is 10.1. The number of hydrogen-bond donors (Lipinski definition) is 1. The van der Waals surface area contributed by atoms with E-state index in [9.17, 15) is 0 Å². The first kappa shape index (κ1) is 13.6. The van der Waals surface area contributed by atoms with Crippen molar-refractivity contribution in [3.05, 3.63) is 59.9 Å². The van der Waals surface area contributed by atoms with Crippen molar-refractivity contribution in [2.45, 2.75) is 12.8 Å². The van der Waals surface area contributed by atoms with Gasteiger partial charge in [-0.2, -0.15) is 0 Å². The fraction of sp³-hybridized carbons (Fsp3) is 0.125. The summed E-state index contributed by atoms with van der Waals surface area (Å²) < 4.78 is 1.98. The number of alkyl halides is 1. The monoisotopic (exact) mass is 298 g/mol. The third-order valence-corrected chi connectivity index (χ3v) is 3.52. The molecule has 4 nitrogen and oxygen atoms in total. The first-order valence-electron chi connectivity index (χ1n) is 6.62. The summed E-state index contributed by atoms with van der Waals surface area (Å²) in [4.78, 5) is 0. The molecule has 0 unspecified atom stereocenters. The van der Waals surface area contributed by atoms with Crippen LogP contribution in [0.5, 0.6) is 0 Å². The number of nitrogens with two attached hydrogens (primary N) is 1. The molecule has 3 rings (SSSR count). The SMILES string of the molecule is Cc1cccc(-n2c(CCl)nnc2-c2ccc(N)cc2)c1. The summed E-state index contributed by atoms with van der Waals surface area (Å²) in [6.07, 6.45) is 0. The molecular formula is C16H15ClN4. The molecule has 106 valence electrons. The van der Waals surface area contributed by atoms with Crippen LogP contribution in [-0.4, -0.2) is 14.8 Å². The van der Waals surface area contributed by atoms with E-state index in [2.05, 4.69) is 29.3 Å². The largest absolute Gasteiger partial charge is 0.399 e. The molecule has 2 aromatic carbocycles. The zero-order valence-corrected chi connectivity index (χ0v) is 12.4. The van der Waals surface area contributed by atoms with Crippen LogP contribution < -0.4 is 5.73 Å². The van der Waals surface area contributed by atoms with Crippen molar-refractivity contribution in [1.82, 2.24) is 14.8 Å². The molecule has 0 radical (unpaired) electrons. The smallest absolute Gasteiger partial charge is 0.168 e. The van der Waals surface area contributed by atoms with Crippen LogP contribution in [0.15, 0.2) is 48.5 Å². The van der Waals surface area contributed by atoms with Gasteiger partial charge < -0.3 is 5.73 Å². The van der Waals surface area contributed by atoms with Gasteiger partial charge in [-0.3, -0.25) is 4.57 Å². The molecule has 21 heavy (non-hydrogen) atoms. The molecule has 0 atom stereocenters. The second kappa shape index (κ2) is 5.58. The first-order chi connectivity index (χ1) is 10.2. The van der Waals surface area contributed by atoms with Gasteiger partial charge in [0, 0.05) is 16.9 Å². The van der Waals surface area contributed by atoms with E-state index in [1.54, 1.807) is 0 Å². The lowest BCUT2D eigenvalue weighted by Gasteiger charge is -2.10. The molecule has 0 aliphatic rings. The number of nitrogen functional groups attached to an aromatic ring is 1. The third-order valence-electron chi connectivity index (χ3n) is 3.28. The Morgan fingerprint density at radius 1 is 1.10 bits per heavy atom. The molecule has 0 amide bonds. The molecule has 1 heterocycles. The summed E-state index contributed by atoms with van der Waals surface area (Å²) in [5.41, 5.74) is 9.59. The van der Waals surface area contributed by atoms with Gasteiger partial charge in [0.2, 0.25) is 0 Å². The summed E-state index contributed by atoms with van der Waals surface area (Å²) >= 11 is 6.00. The molecule has 2 N–H and O–H groups in total. The Bertz CT molecular complexity index is 762. The van der Waals surface area contributed by atoms with Crippen molar-refractivity contribution in [3.63, 3.8) is 0 Å². The Morgan fingerprint density at radius 3 is 2.52 bits per heavy atom. The minimum atomic E-state index is 0.302. The molecule has 0 fully saturated rings. The Balaban J connectivity index is 2.19. The molecule has 0 saturated carbocycles. The zero-order chi connectivity index (χ0) is 14.8. The molecule has 0 aliphatic carbocycles. The fourth-order valence-corrected chi connectivity index (χ4v) is 2.43. The molecule has 3 aromatic rings. The normalized spacial score (nSPS) is 10.8. The molecule has 0 aliphatic heterocycles. The van der Waals surface area contributed by atoms with Crippen molar-refractivity contribution in [3.8, 4) is 17.1 Å². The predicted molar refractivity (Wildman–Crippen MR) is 85.5 cm³/mol. The van der Waals surface area contributed by atoms with Crippen molar-refractivity contribution in [2.24, 2.45) is 0 Å². The topological polar surface area (TPSA) is 56.7 Å². The Hall–Kier alpha value is -2.33. The number of halogens is 1. The van der Waals surface area contributed by atoms with Gasteiger partial charge in [-0.15, -0.1) is 21.8 Å². The third kappa shape index (κ3) is 2.62. The predicted octanol–water partition coefficient (Wildman–Crippen LogP) is 3.56. The lowest BCUT2D eigenvalue weighted by Crippen LogP contribution is -2.02. The van der Waals surface area contributed by atoms with Crippen LogP contribution in [0.2, 0.25) is 0 Å². The molecule has 0 spiro atoms. The highest BCUT2D eigenvalue weighted by atomic mass is 35.5. The lowest BCUT2D eigenvalue weighted by molar-refractivity contribution is 0.952. The van der Waals surface area contributed by atoms with E-state index in [1.165, 1.54) is 5.56 Å². The van der Waals surface area contributed by atoms with Gasteiger partial charge in [0.05, 0.1) is 5.88 Å². The Morgan fingerprint density at radius 2 is 1.86 bits per heavy atom. The highest BCUT2D eigenvalue weighted by molar-refractivity contribution is 6.16. The Labute approximate surface area is 128 Å². The quantitative estimate of drug-likeness (QED) is 0.594. The van der Waals surface area contributed by atoms with E-state index in [0.717, 1.165) is 22.8 Å². The van der Waals surface area contributed by atoms with E-state index in [1.807, 2.05) is 41.0 Å². The summed E-state index contributed by atoms with van der Waals surface area (Å²) in [5.74, 6) is 1.78. The number of anilines is 1. The molecule has 0 bridgehead atoms. The first-order valence-corrected chi connectivity index (χ1v) is 7.15. The van der Waals surface area contributed by atoms with Gasteiger partial charge in [-0.25, -0.2) is 0 Å². The number of rotatable bonds is 3. The fourth-order valence-electron chi connectivity index (χ4n) is 2.26. The summed E-state index contributed by atoms with van der Waals surface area (Å²) in [6, 6.07) is 15.7. The van der Waals surface area contributed by atoms with Crippen LogP contribution >= 0.6 is 11.6 Å². The van der Waals surface area contributed by atoms with Crippen LogP contribution in [0.4, 0.5) is 5.69 Å². The van der Waals surface area contributed by atoms with Crippen molar-refractivity contribution in [2.75, 3.05) is 5.73 Å². The second-order valence-electron chi connectivity index (χ2n) is 4.87. The number of aryl methyl sites for hydroxylation is 1. The standard InChI is InChI=1S/C16H15ClN4/c1-11-3-2-4-14(9-11)21-15(10-17)19-20-16(21)12-5-7-13(18)8-6-12/h2-9H,10,18H2,1H3. The minimum absolute atomic E-state index is 0.302. The average Bonchev–Trinajstić information content (AvgIpc) is 2.92. The van der Waals surface area contributed by atoms with Gasteiger partial charge in [-0.05, 0) is 48.9 Å². The zero-order valence-electron chi connectivity index (χ0n) is 11.6. The van der Waals surface area contributed by atoms with Crippen LogP contribution in [-0.2, 0) is 5.88 Å². The number of hydrogen-bond acceptors (Lipinski definition) is 3. The van der Waals surface area contributed by atoms with Crippen LogP contribution in [0, 0.1) is 6.92 Å². The van der Waals surface area contributed by atoms with Gasteiger partial charge >= 0.3 is 0 Å². The maximum atomic E-state index is 6.00. The number of aromatic nitrogens is 3. The summed E-state index contributed by atoms with van der Waals surface area (Å²) in [6.45, 7) is 2.05. The second-order valence-corrected chi connectivity index (χ2v) is 5.14. The van der Waals surface area contributed by atoms with Gasteiger partial charge in [0.1, 0.15) is 0 Å². The molecule has 5 heteroatoms. The average molecular weight is 299 g/mol. The van der Waals surface area contributed by atoms with Gasteiger partial charge in [0.15, 0.2) is 11.6 Å². The number of nitrogens with zero attached hydrogens (tertiary/aromatic N) is 3. The van der Waals surface area contributed by atoms with E-state index >= 15 is 0 Å². The summed E-state index contributed by atoms with van der Waals surface area (Å²) in [7, 11) is 0. The maximum Gasteiger partial charge on any atom is 0.168 e. The van der Waals surface area contributed by atoms with Crippen molar-refractivity contribution >= 4 is 17.3 Å². The van der Waals surface area contributed by atoms with Crippen LogP contribution in [0.25, 0.3) is 17.1 Å². The van der Waals surface area contributed by atoms with E-state index in [4.69, 9.17) is 17.3 Å². The van der Waals surface area contributed by atoms with Crippen molar-refractivity contribution in [1.29, 1.82) is 0 Å². The molecule has 1 aromatic heterocycles. The molecule has 0 saturated heterocycles. The van der Waals surface area contributed by atoms with Crippen LogP contribution in [0.1, 0.15) is 11.4 Å². The van der Waals surface area contributed by atoms with E-state index in [0.29, 0.717) is 11.7 Å². The Kier molecular flexibility index (Phi) is 3.62. The van der Waals surface area contributed by atoms with E-state index in [-0.39, 0.29) is 0 Å². The number of benzene rings is 2. The van der Waals surface area contributed by atoms with Gasteiger partial charge in [0.25, 0.3) is 0 Å².